The molecule has 0 aliphatic rings. The van der Waals surface area contributed by atoms with E-state index in [1.165, 1.54) is 44.8 Å². The van der Waals surface area contributed by atoms with Crippen LogP contribution >= 0.6 is 0 Å². The van der Waals surface area contributed by atoms with Crippen molar-refractivity contribution in [2.24, 2.45) is 5.73 Å². The summed E-state index contributed by atoms with van der Waals surface area (Å²) in [7, 11) is 2.93. The third-order valence-electron chi connectivity index (χ3n) is 4.40. The number of rotatable bonds is 8. The van der Waals surface area contributed by atoms with Gasteiger partial charge in [-0.2, -0.15) is 0 Å². The maximum Gasteiger partial charge on any atom is 0.337 e. The molecule has 0 unspecified atom stereocenters. The van der Waals surface area contributed by atoms with E-state index >= 15 is 0 Å². The third kappa shape index (κ3) is 4.73. The van der Waals surface area contributed by atoms with Gasteiger partial charge in [0.15, 0.2) is 5.75 Å². The Kier molecular flexibility index (Phi) is 6.49. The fraction of sp³-hybridized carbons (Fsp3) is 0.0952. The van der Waals surface area contributed by atoms with Gasteiger partial charge in [0.2, 0.25) is 0 Å². The number of aromatic carboxylic acids is 1. The zero-order chi connectivity index (χ0) is 23.3. The molecule has 0 fully saturated rings. The van der Waals surface area contributed by atoms with E-state index in [0.29, 0.717) is 28.6 Å². The van der Waals surface area contributed by atoms with E-state index < -0.39 is 11.9 Å². The topological polar surface area (TPSA) is 169 Å². The number of carboxylic acids is 1. The van der Waals surface area contributed by atoms with Gasteiger partial charge in [0, 0.05) is 25.5 Å². The number of anilines is 4. The number of carbonyl (C=O) groups excluding carboxylic acids is 2. The number of hydrogen-bond donors (Lipinski definition) is 5. The van der Waals surface area contributed by atoms with Crippen molar-refractivity contribution in [2.45, 2.75) is 0 Å². The molecule has 0 saturated heterocycles. The van der Waals surface area contributed by atoms with Crippen molar-refractivity contribution in [3.8, 4) is 5.75 Å². The van der Waals surface area contributed by atoms with Gasteiger partial charge in [-0.3, -0.25) is 9.59 Å². The number of carbonyl (C=O) groups is 3. The molecule has 0 aliphatic carbocycles. The summed E-state index contributed by atoms with van der Waals surface area (Å²) in [6.07, 6.45) is 2.49. The van der Waals surface area contributed by atoms with E-state index in [0.717, 1.165) is 0 Å². The number of methoxy groups -OCH3 is 1. The SMILES string of the molecule is CNC(=O)c1cccc(Nc2cc(Nc3ccc(C(=O)O)cn3)ncc2C(N)=O)c1OC. The lowest BCUT2D eigenvalue weighted by Crippen LogP contribution is -2.19. The molecule has 2 heterocycles. The third-order valence-corrected chi connectivity index (χ3v) is 4.40. The average molecular weight is 436 g/mol. The van der Waals surface area contributed by atoms with Crippen molar-refractivity contribution in [1.29, 1.82) is 0 Å². The van der Waals surface area contributed by atoms with Crippen LogP contribution in [0.25, 0.3) is 0 Å². The molecule has 11 heteroatoms. The average Bonchev–Trinajstić information content (AvgIpc) is 2.78. The van der Waals surface area contributed by atoms with Crippen LogP contribution in [-0.2, 0) is 0 Å². The second-order valence-corrected chi connectivity index (χ2v) is 6.43. The molecule has 0 spiro atoms. The number of para-hydroxylation sites is 1. The maximum absolute atomic E-state index is 12.1. The van der Waals surface area contributed by atoms with Gasteiger partial charge in [-0.15, -0.1) is 0 Å². The lowest BCUT2D eigenvalue weighted by atomic mass is 10.1. The first-order valence-electron chi connectivity index (χ1n) is 9.26. The molecule has 11 nitrogen and oxygen atoms in total. The summed E-state index contributed by atoms with van der Waals surface area (Å²) >= 11 is 0. The van der Waals surface area contributed by atoms with Gasteiger partial charge in [0.25, 0.3) is 11.8 Å². The molecule has 3 aromatic rings. The van der Waals surface area contributed by atoms with Crippen LogP contribution in [0, 0.1) is 0 Å². The quantitative estimate of drug-likeness (QED) is 0.355. The highest BCUT2D eigenvalue weighted by Crippen LogP contribution is 2.33. The van der Waals surface area contributed by atoms with Crippen LogP contribution in [0.15, 0.2) is 48.8 Å². The number of carboxylic acid groups (broad SMARTS) is 1. The summed E-state index contributed by atoms with van der Waals surface area (Å²) in [4.78, 5) is 43.2. The molecule has 0 radical (unpaired) electrons. The summed E-state index contributed by atoms with van der Waals surface area (Å²) in [5.41, 5.74) is 6.67. The van der Waals surface area contributed by atoms with Gasteiger partial charge in [0.05, 0.1) is 35.2 Å². The number of benzene rings is 1. The maximum atomic E-state index is 12.1. The number of nitrogens with two attached hydrogens (primary N) is 1. The minimum atomic E-state index is -1.09. The van der Waals surface area contributed by atoms with Crippen LogP contribution in [0.3, 0.4) is 0 Å². The van der Waals surface area contributed by atoms with E-state index in [1.54, 1.807) is 18.2 Å². The summed E-state index contributed by atoms with van der Waals surface area (Å²) in [6.45, 7) is 0. The second kappa shape index (κ2) is 9.43. The van der Waals surface area contributed by atoms with Gasteiger partial charge in [-0.1, -0.05) is 6.07 Å². The van der Waals surface area contributed by atoms with Gasteiger partial charge in [0.1, 0.15) is 11.6 Å². The molecular weight excluding hydrogens is 416 g/mol. The van der Waals surface area contributed by atoms with E-state index in [2.05, 4.69) is 25.9 Å². The monoisotopic (exact) mass is 436 g/mol. The minimum Gasteiger partial charge on any atom is -0.494 e. The number of nitrogens with one attached hydrogen (secondary N) is 3. The lowest BCUT2D eigenvalue weighted by Gasteiger charge is -2.16. The lowest BCUT2D eigenvalue weighted by molar-refractivity contribution is 0.0696. The first-order valence-corrected chi connectivity index (χ1v) is 9.26. The van der Waals surface area contributed by atoms with Crippen LogP contribution in [0.4, 0.5) is 23.0 Å². The van der Waals surface area contributed by atoms with Gasteiger partial charge in [-0.25, -0.2) is 14.8 Å². The summed E-state index contributed by atoms with van der Waals surface area (Å²) in [5.74, 6) is -1.20. The fourth-order valence-corrected chi connectivity index (χ4v) is 2.86. The first kappa shape index (κ1) is 22.0. The van der Waals surface area contributed by atoms with Crippen molar-refractivity contribution >= 4 is 40.8 Å². The Labute approximate surface area is 182 Å². The molecule has 6 N–H and O–H groups in total. The van der Waals surface area contributed by atoms with Crippen molar-refractivity contribution in [3.05, 3.63) is 65.5 Å². The molecule has 0 saturated carbocycles. The highest BCUT2D eigenvalue weighted by Gasteiger charge is 2.17. The molecule has 32 heavy (non-hydrogen) atoms. The minimum absolute atomic E-state index is 0.0398. The number of nitrogens with zero attached hydrogens (tertiary/aromatic N) is 2. The number of pyridine rings is 2. The molecule has 0 aliphatic heterocycles. The molecule has 1 aromatic carbocycles. The normalized spacial score (nSPS) is 10.2. The van der Waals surface area contributed by atoms with Gasteiger partial charge < -0.3 is 31.5 Å². The molecule has 2 amide bonds. The Morgan fingerprint density at radius 3 is 2.31 bits per heavy atom. The summed E-state index contributed by atoms with van der Waals surface area (Å²) in [5, 5.41) is 17.5. The highest BCUT2D eigenvalue weighted by molar-refractivity contribution is 6.01. The van der Waals surface area contributed by atoms with Crippen LogP contribution in [0.1, 0.15) is 31.1 Å². The Balaban J connectivity index is 1.96. The van der Waals surface area contributed by atoms with E-state index in [1.807, 2.05) is 0 Å². The van der Waals surface area contributed by atoms with Crippen LogP contribution in [-0.4, -0.2) is 47.0 Å². The smallest absolute Gasteiger partial charge is 0.337 e. The Bertz CT molecular complexity index is 1180. The van der Waals surface area contributed by atoms with Crippen molar-refractivity contribution < 1.29 is 24.2 Å². The van der Waals surface area contributed by atoms with E-state index in [9.17, 15) is 14.4 Å². The predicted octanol–water partition coefficient (Wildman–Crippen LogP) is 2.13. The molecule has 0 bridgehead atoms. The van der Waals surface area contributed by atoms with Crippen molar-refractivity contribution in [2.75, 3.05) is 24.8 Å². The second-order valence-electron chi connectivity index (χ2n) is 6.43. The standard InChI is InChI=1S/C21H20N6O5/c1-23-20(29)12-4-3-5-14(18(12)32-2)26-15-8-17(25-10-13(15)19(22)28)27-16-7-6-11(9-24-16)21(30)31/h3-10H,1-2H3,(H2,22,28)(H,23,29)(H,30,31)(H2,24,25,26,27). The molecule has 164 valence electrons. The number of hydrogen-bond acceptors (Lipinski definition) is 8. The molecule has 0 atom stereocenters. The molecule has 2 aromatic heterocycles. The van der Waals surface area contributed by atoms with E-state index in [-0.39, 0.29) is 22.8 Å². The van der Waals surface area contributed by atoms with Crippen LogP contribution in [0.2, 0.25) is 0 Å². The van der Waals surface area contributed by atoms with Crippen LogP contribution in [0.5, 0.6) is 5.75 Å². The zero-order valence-electron chi connectivity index (χ0n) is 17.2. The van der Waals surface area contributed by atoms with Crippen molar-refractivity contribution in [1.82, 2.24) is 15.3 Å². The fourth-order valence-electron chi connectivity index (χ4n) is 2.86. The predicted molar refractivity (Wildman–Crippen MR) is 117 cm³/mol. The highest BCUT2D eigenvalue weighted by atomic mass is 16.5. The number of primary amides is 1. The Hall–Kier alpha value is -4.67. The summed E-state index contributed by atoms with van der Waals surface area (Å²) < 4.78 is 5.40. The zero-order valence-corrected chi connectivity index (χ0v) is 17.2. The largest absolute Gasteiger partial charge is 0.494 e. The van der Waals surface area contributed by atoms with Crippen LogP contribution < -0.4 is 26.4 Å². The Morgan fingerprint density at radius 1 is 0.969 bits per heavy atom. The number of amides is 2. The number of aromatic nitrogens is 2. The van der Waals surface area contributed by atoms with Gasteiger partial charge >= 0.3 is 5.97 Å². The molecule has 3 rings (SSSR count). The van der Waals surface area contributed by atoms with E-state index in [4.69, 9.17) is 15.6 Å². The Morgan fingerprint density at radius 2 is 1.72 bits per heavy atom. The van der Waals surface area contributed by atoms with Crippen molar-refractivity contribution in [3.63, 3.8) is 0 Å². The summed E-state index contributed by atoms with van der Waals surface area (Å²) in [6, 6.07) is 9.34. The number of ether oxygens (including phenoxy) is 1. The first-order chi connectivity index (χ1) is 15.3. The molecular formula is C21H20N6O5. The van der Waals surface area contributed by atoms with Gasteiger partial charge in [-0.05, 0) is 24.3 Å².